The van der Waals surface area contributed by atoms with Crippen LogP contribution in [0, 0.1) is 0 Å². The molecule has 7 nitrogen and oxygen atoms in total. The van der Waals surface area contributed by atoms with Gasteiger partial charge in [-0.2, -0.15) is 0 Å². The van der Waals surface area contributed by atoms with Crippen LogP contribution in [-0.4, -0.2) is 56.5 Å². The number of nitrogens with zero attached hydrogens (tertiary/aromatic N) is 3. The Morgan fingerprint density at radius 3 is 2.68 bits per heavy atom. The monoisotopic (exact) mass is 400 g/mol. The molecule has 0 fully saturated rings. The summed E-state index contributed by atoms with van der Waals surface area (Å²) in [5, 5.41) is 3.80. The van der Waals surface area contributed by atoms with Gasteiger partial charge in [0.1, 0.15) is 17.0 Å². The summed E-state index contributed by atoms with van der Waals surface area (Å²) in [6.07, 6.45) is 1.48. The zero-order valence-corrected chi connectivity index (χ0v) is 17.0. The molecule has 28 heavy (non-hydrogen) atoms. The molecular formula is C20H24N4O3S. The van der Waals surface area contributed by atoms with E-state index in [2.05, 4.69) is 33.5 Å². The highest BCUT2D eigenvalue weighted by atomic mass is 32.1. The minimum Gasteiger partial charge on any atom is -0.359 e. The first-order valence-electron chi connectivity index (χ1n) is 8.95. The van der Waals surface area contributed by atoms with Crippen molar-refractivity contribution in [1.82, 2.24) is 15.3 Å². The van der Waals surface area contributed by atoms with Crippen molar-refractivity contribution in [3.63, 3.8) is 0 Å². The van der Waals surface area contributed by atoms with Gasteiger partial charge in [0.15, 0.2) is 6.29 Å². The third-order valence-electron chi connectivity index (χ3n) is 4.39. The van der Waals surface area contributed by atoms with Crippen LogP contribution in [0.5, 0.6) is 0 Å². The number of ether oxygens (including phenoxy) is 2. The van der Waals surface area contributed by atoms with E-state index >= 15 is 0 Å². The van der Waals surface area contributed by atoms with Crippen LogP contribution in [-0.2, 0) is 14.3 Å². The molecule has 1 amide bonds. The minimum atomic E-state index is -0.439. The lowest BCUT2D eigenvalue weighted by Crippen LogP contribution is -2.35. The molecule has 0 saturated carbocycles. The second-order valence-electron chi connectivity index (χ2n) is 6.27. The SMILES string of the molecule is COC(CNC(=O)CCN(C)c1ncnc2sc(-c3ccccc3)cc12)OC. The zero-order chi connectivity index (χ0) is 19.9. The smallest absolute Gasteiger partial charge is 0.221 e. The van der Waals surface area contributed by atoms with E-state index in [4.69, 9.17) is 9.47 Å². The number of rotatable bonds is 9. The van der Waals surface area contributed by atoms with E-state index in [1.165, 1.54) is 0 Å². The summed E-state index contributed by atoms with van der Waals surface area (Å²) in [5.74, 6) is 0.759. The predicted octanol–water partition coefficient (Wildman–Crippen LogP) is 2.92. The second kappa shape index (κ2) is 9.59. The highest BCUT2D eigenvalue weighted by Crippen LogP contribution is 2.35. The normalized spacial score (nSPS) is 11.1. The van der Waals surface area contributed by atoms with Crippen LogP contribution in [0.3, 0.4) is 0 Å². The van der Waals surface area contributed by atoms with Crippen molar-refractivity contribution in [2.45, 2.75) is 12.7 Å². The van der Waals surface area contributed by atoms with E-state index in [9.17, 15) is 4.79 Å². The quantitative estimate of drug-likeness (QED) is 0.557. The fourth-order valence-corrected chi connectivity index (χ4v) is 3.81. The van der Waals surface area contributed by atoms with Crippen molar-refractivity contribution in [1.29, 1.82) is 0 Å². The van der Waals surface area contributed by atoms with E-state index in [0.29, 0.717) is 19.5 Å². The largest absolute Gasteiger partial charge is 0.359 e. The third-order valence-corrected chi connectivity index (χ3v) is 5.49. The summed E-state index contributed by atoms with van der Waals surface area (Å²) < 4.78 is 10.1. The van der Waals surface area contributed by atoms with Gasteiger partial charge in [-0.1, -0.05) is 30.3 Å². The first-order chi connectivity index (χ1) is 13.6. The molecule has 3 rings (SSSR count). The van der Waals surface area contributed by atoms with Gasteiger partial charge in [0.05, 0.1) is 11.9 Å². The Hall–Kier alpha value is -2.55. The average molecular weight is 401 g/mol. The maximum absolute atomic E-state index is 12.1. The topological polar surface area (TPSA) is 76.6 Å². The lowest BCUT2D eigenvalue weighted by Gasteiger charge is -2.19. The number of aromatic nitrogens is 2. The molecule has 0 aliphatic rings. The Morgan fingerprint density at radius 1 is 1.21 bits per heavy atom. The Kier molecular flexibility index (Phi) is 6.91. The van der Waals surface area contributed by atoms with Crippen LogP contribution in [0.25, 0.3) is 20.7 Å². The Bertz CT molecular complexity index is 912. The molecule has 0 saturated heterocycles. The number of hydrogen-bond donors (Lipinski definition) is 1. The molecule has 0 radical (unpaired) electrons. The van der Waals surface area contributed by atoms with Crippen molar-refractivity contribution < 1.29 is 14.3 Å². The lowest BCUT2D eigenvalue weighted by atomic mass is 10.2. The van der Waals surface area contributed by atoms with E-state index in [1.54, 1.807) is 31.9 Å². The first-order valence-corrected chi connectivity index (χ1v) is 9.77. The van der Waals surface area contributed by atoms with E-state index in [0.717, 1.165) is 26.5 Å². The molecule has 2 aromatic heterocycles. The lowest BCUT2D eigenvalue weighted by molar-refractivity contribution is -0.127. The maximum atomic E-state index is 12.1. The molecule has 0 bridgehead atoms. The summed E-state index contributed by atoms with van der Waals surface area (Å²) in [6, 6.07) is 12.3. The highest BCUT2D eigenvalue weighted by molar-refractivity contribution is 7.21. The second-order valence-corrected chi connectivity index (χ2v) is 7.30. The van der Waals surface area contributed by atoms with Crippen LogP contribution in [0.15, 0.2) is 42.7 Å². The first kappa shape index (κ1) is 20.2. The van der Waals surface area contributed by atoms with Crippen LogP contribution in [0.4, 0.5) is 5.82 Å². The molecule has 2 heterocycles. The number of nitrogens with one attached hydrogen (secondary N) is 1. The Labute approximate surface area is 168 Å². The Balaban J connectivity index is 1.67. The molecule has 0 unspecified atom stereocenters. The zero-order valence-electron chi connectivity index (χ0n) is 16.2. The van der Waals surface area contributed by atoms with Gasteiger partial charge >= 0.3 is 0 Å². The highest BCUT2D eigenvalue weighted by Gasteiger charge is 2.14. The third kappa shape index (κ3) is 4.83. The number of hydrogen-bond acceptors (Lipinski definition) is 7. The van der Waals surface area contributed by atoms with E-state index in [-0.39, 0.29) is 5.91 Å². The standard InChI is InChI=1S/C20H24N4O3S/c1-24(10-9-17(25)21-12-18(26-2)27-3)19-15-11-16(14-7-5-4-6-8-14)28-20(15)23-13-22-19/h4-8,11,13,18H,9-10,12H2,1-3H3,(H,21,25). The van der Waals surface area contributed by atoms with Crippen LogP contribution in [0.2, 0.25) is 0 Å². The van der Waals surface area contributed by atoms with Gasteiger partial charge in [0.2, 0.25) is 5.91 Å². The molecule has 8 heteroatoms. The number of anilines is 1. The average Bonchev–Trinajstić information content (AvgIpc) is 3.18. The predicted molar refractivity (Wildman–Crippen MR) is 112 cm³/mol. The summed E-state index contributed by atoms with van der Waals surface area (Å²) in [7, 11) is 5.01. The number of carbonyl (C=O) groups is 1. The molecule has 0 aliphatic carbocycles. The van der Waals surface area contributed by atoms with Gasteiger partial charge in [-0.05, 0) is 11.6 Å². The van der Waals surface area contributed by atoms with Gasteiger partial charge < -0.3 is 19.7 Å². The number of carbonyl (C=O) groups excluding carboxylic acids is 1. The number of thiophene rings is 1. The molecule has 0 spiro atoms. The van der Waals surface area contributed by atoms with Crippen molar-refractivity contribution in [2.75, 3.05) is 39.3 Å². The van der Waals surface area contributed by atoms with Gasteiger partial charge in [-0.3, -0.25) is 4.79 Å². The van der Waals surface area contributed by atoms with Gasteiger partial charge in [-0.15, -0.1) is 11.3 Å². The van der Waals surface area contributed by atoms with E-state index in [1.807, 2.05) is 30.1 Å². The van der Waals surface area contributed by atoms with Crippen molar-refractivity contribution in [3.05, 3.63) is 42.7 Å². The number of benzene rings is 1. The summed E-state index contributed by atoms with van der Waals surface area (Å²) in [5.41, 5.74) is 1.16. The maximum Gasteiger partial charge on any atom is 0.221 e. The van der Waals surface area contributed by atoms with Gasteiger partial charge in [0.25, 0.3) is 0 Å². The molecule has 3 aromatic rings. The fraction of sp³-hybridized carbons (Fsp3) is 0.350. The van der Waals surface area contributed by atoms with Gasteiger partial charge in [-0.25, -0.2) is 9.97 Å². The Morgan fingerprint density at radius 2 is 1.96 bits per heavy atom. The molecule has 0 atom stereocenters. The number of methoxy groups -OCH3 is 2. The molecular weight excluding hydrogens is 376 g/mol. The van der Waals surface area contributed by atoms with Crippen molar-refractivity contribution in [3.8, 4) is 10.4 Å². The van der Waals surface area contributed by atoms with Crippen molar-refractivity contribution >= 4 is 33.3 Å². The molecule has 1 N–H and O–H groups in total. The van der Waals surface area contributed by atoms with E-state index < -0.39 is 6.29 Å². The minimum absolute atomic E-state index is 0.0634. The van der Waals surface area contributed by atoms with Crippen LogP contribution >= 0.6 is 11.3 Å². The van der Waals surface area contributed by atoms with Gasteiger partial charge in [0, 0.05) is 39.1 Å². The summed E-state index contributed by atoms with van der Waals surface area (Å²) >= 11 is 1.64. The fourth-order valence-electron chi connectivity index (χ4n) is 2.82. The number of fused-ring (bicyclic) bond motifs is 1. The van der Waals surface area contributed by atoms with Crippen LogP contribution < -0.4 is 10.2 Å². The molecule has 0 aliphatic heterocycles. The van der Waals surface area contributed by atoms with Crippen molar-refractivity contribution in [2.24, 2.45) is 0 Å². The van der Waals surface area contributed by atoms with Crippen LogP contribution in [0.1, 0.15) is 6.42 Å². The molecule has 148 valence electrons. The number of amides is 1. The molecule has 1 aromatic carbocycles. The summed E-state index contributed by atoms with van der Waals surface area (Å²) in [6.45, 7) is 0.858. The summed E-state index contributed by atoms with van der Waals surface area (Å²) in [4.78, 5) is 25.0.